The van der Waals surface area contributed by atoms with Gasteiger partial charge in [0.05, 0.1) is 17.6 Å². The molecule has 1 saturated heterocycles. The first-order valence-electron chi connectivity index (χ1n) is 7.60. The molecule has 23 heavy (non-hydrogen) atoms. The summed E-state index contributed by atoms with van der Waals surface area (Å²) in [5.41, 5.74) is 0.167. The summed E-state index contributed by atoms with van der Waals surface area (Å²) in [6.45, 7) is 4.61. The molecule has 1 aromatic rings. The van der Waals surface area contributed by atoms with E-state index >= 15 is 0 Å². The fourth-order valence-corrected chi connectivity index (χ4v) is 3.43. The van der Waals surface area contributed by atoms with E-state index in [9.17, 15) is 13.2 Å². The van der Waals surface area contributed by atoms with Crippen molar-refractivity contribution in [1.29, 1.82) is 0 Å². The summed E-state index contributed by atoms with van der Waals surface area (Å²) in [6, 6.07) is 4.32. The monoisotopic (exact) mass is 342 g/mol. The zero-order valence-corrected chi connectivity index (χ0v) is 14.2. The van der Waals surface area contributed by atoms with Crippen molar-refractivity contribution < 1.29 is 19.4 Å². The highest BCUT2D eigenvalue weighted by molar-refractivity contribution is 7.89. The summed E-state index contributed by atoms with van der Waals surface area (Å²) in [5.74, 6) is -0.0519. The van der Waals surface area contributed by atoms with E-state index in [-0.39, 0.29) is 17.8 Å². The Morgan fingerprint density at radius 3 is 2.87 bits per heavy atom. The Balaban J connectivity index is 0.00000288. The lowest BCUT2D eigenvalue weighted by molar-refractivity contribution is 0.0938. The molecule has 2 rings (SSSR count). The van der Waals surface area contributed by atoms with Crippen LogP contribution in [0.3, 0.4) is 0 Å². The highest BCUT2D eigenvalue weighted by atomic mass is 32.2. The number of carbonyl (C=O) groups is 1. The van der Waals surface area contributed by atoms with E-state index in [1.54, 1.807) is 0 Å². The minimum atomic E-state index is -3.87. The van der Waals surface area contributed by atoms with Crippen LogP contribution in [0.4, 0.5) is 0 Å². The molecule has 3 N–H and O–H groups in total. The van der Waals surface area contributed by atoms with Gasteiger partial charge in [-0.2, -0.15) is 0 Å². The summed E-state index contributed by atoms with van der Waals surface area (Å²) in [6.07, 6.45) is 2.17. The molecular formula is C15H24N3O4S+. The molecule has 8 heteroatoms. The number of amides is 1. The van der Waals surface area contributed by atoms with E-state index < -0.39 is 10.0 Å². The number of likely N-dealkylation sites (N-methyl/N-ethyl adjacent to an activating group) is 1. The summed E-state index contributed by atoms with van der Waals surface area (Å²) in [5, 5.41) is 7.98. The maximum Gasteiger partial charge on any atom is 1.00 e. The molecule has 7 nitrogen and oxygen atoms in total. The molecule has 0 saturated carbocycles. The fourth-order valence-electron chi connectivity index (χ4n) is 2.89. The molecule has 1 fully saturated rings. The summed E-state index contributed by atoms with van der Waals surface area (Å²) >= 11 is 0. The van der Waals surface area contributed by atoms with Crippen molar-refractivity contribution in [3.8, 4) is 5.75 Å². The van der Waals surface area contributed by atoms with Crippen LogP contribution in [-0.2, 0) is 10.0 Å². The third kappa shape index (κ3) is 4.21. The second-order valence-electron chi connectivity index (χ2n) is 5.54. The molecule has 1 aromatic carbocycles. The van der Waals surface area contributed by atoms with Crippen LogP contribution < -0.4 is 15.2 Å². The summed E-state index contributed by atoms with van der Waals surface area (Å²) < 4.78 is 28.1. The van der Waals surface area contributed by atoms with Gasteiger partial charge in [-0.1, -0.05) is 6.92 Å². The lowest BCUT2D eigenvalue weighted by Gasteiger charge is -2.23. The maximum atomic E-state index is 12.4. The van der Waals surface area contributed by atoms with Crippen LogP contribution in [0.25, 0.3) is 0 Å². The predicted molar refractivity (Wildman–Crippen MR) is 88.1 cm³/mol. The van der Waals surface area contributed by atoms with Crippen LogP contribution in [0.1, 0.15) is 31.6 Å². The van der Waals surface area contributed by atoms with Crippen molar-refractivity contribution in [3.05, 3.63) is 23.8 Å². The summed E-state index contributed by atoms with van der Waals surface area (Å²) in [4.78, 5) is 14.6. The number of primary sulfonamides is 1. The first kappa shape index (κ1) is 17.7. The Morgan fingerprint density at radius 2 is 2.26 bits per heavy atom. The van der Waals surface area contributed by atoms with Gasteiger partial charge in [-0.3, -0.25) is 9.69 Å². The number of hydrogen-bond acceptors (Lipinski definition) is 5. The second-order valence-corrected chi connectivity index (χ2v) is 7.10. The van der Waals surface area contributed by atoms with Crippen LogP contribution in [0.2, 0.25) is 0 Å². The van der Waals surface area contributed by atoms with Gasteiger partial charge in [-0.15, -0.1) is 0 Å². The normalized spacial score (nSPS) is 18.8. The Kier molecular flexibility index (Phi) is 5.61. The lowest BCUT2D eigenvalue weighted by atomic mass is 10.1. The van der Waals surface area contributed by atoms with E-state index in [2.05, 4.69) is 17.1 Å². The van der Waals surface area contributed by atoms with Crippen molar-refractivity contribution in [2.75, 3.05) is 26.7 Å². The second kappa shape index (κ2) is 7.29. The minimum Gasteiger partial charge on any atom is -0.496 e. The quantitative estimate of drug-likeness (QED) is 0.791. The first-order chi connectivity index (χ1) is 10.9. The van der Waals surface area contributed by atoms with Crippen LogP contribution >= 0.6 is 0 Å². The van der Waals surface area contributed by atoms with Gasteiger partial charge in [0.1, 0.15) is 5.75 Å². The zero-order valence-electron chi connectivity index (χ0n) is 14.4. The average molecular weight is 342 g/mol. The molecule has 1 atom stereocenters. The van der Waals surface area contributed by atoms with Crippen molar-refractivity contribution in [2.24, 2.45) is 5.14 Å². The van der Waals surface area contributed by atoms with E-state index in [1.165, 1.54) is 25.3 Å². The molecule has 0 bridgehead atoms. The predicted octanol–water partition coefficient (Wildman–Crippen LogP) is 0.669. The molecule has 0 spiro atoms. The van der Waals surface area contributed by atoms with E-state index in [1.807, 2.05) is 0 Å². The Bertz CT molecular complexity index is 681. The van der Waals surface area contributed by atoms with E-state index in [0.29, 0.717) is 18.3 Å². The third-order valence-corrected chi connectivity index (χ3v) is 5.06. The van der Waals surface area contributed by atoms with Crippen LogP contribution in [0.5, 0.6) is 5.75 Å². The van der Waals surface area contributed by atoms with Crippen molar-refractivity contribution in [1.82, 2.24) is 10.2 Å². The number of likely N-dealkylation sites (tertiary alicyclic amines) is 1. The molecule has 1 aliphatic heterocycles. The number of methoxy groups -OCH3 is 1. The number of nitrogens with zero attached hydrogens (tertiary/aromatic N) is 1. The number of rotatable bonds is 6. The van der Waals surface area contributed by atoms with Gasteiger partial charge >= 0.3 is 1.43 Å². The smallest absolute Gasteiger partial charge is 0.496 e. The number of nitrogens with two attached hydrogens (primary N) is 1. The summed E-state index contributed by atoms with van der Waals surface area (Å²) in [7, 11) is -2.44. The Morgan fingerprint density at radius 1 is 1.52 bits per heavy atom. The highest BCUT2D eigenvalue weighted by Crippen LogP contribution is 2.22. The maximum absolute atomic E-state index is 12.4. The van der Waals surface area contributed by atoms with Gasteiger partial charge in [0.15, 0.2) is 0 Å². The Labute approximate surface area is 138 Å². The molecule has 0 aromatic heterocycles. The topological polar surface area (TPSA) is 102 Å². The standard InChI is InChI=1S/C15H23N3O4S/c1-3-18-8-4-5-11(18)10-17-15(19)13-9-12(23(16,20)21)6-7-14(13)22-2/h6-7,9,11H,3-5,8,10H2,1-2H3,(H,17,19)(H2,16,20,21)/p+1. The fraction of sp³-hybridized carbons (Fsp3) is 0.533. The number of sulfonamides is 1. The minimum absolute atomic E-state index is 0. The third-order valence-electron chi connectivity index (χ3n) is 4.15. The number of nitrogens with one attached hydrogen (secondary N) is 1. The molecular weight excluding hydrogens is 318 g/mol. The van der Waals surface area contributed by atoms with Crippen molar-refractivity contribution in [3.63, 3.8) is 0 Å². The number of ether oxygens (including phenoxy) is 1. The first-order valence-corrected chi connectivity index (χ1v) is 9.14. The largest absolute Gasteiger partial charge is 1.00 e. The zero-order chi connectivity index (χ0) is 17.0. The molecule has 0 radical (unpaired) electrons. The van der Waals surface area contributed by atoms with Gasteiger partial charge in [0.25, 0.3) is 5.91 Å². The van der Waals surface area contributed by atoms with Gasteiger partial charge in [0, 0.05) is 12.6 Å². The van der Waals surface area contributed by atoms with Crippen LogP contribution in [-0.4, -0.2) is 52.0 Å². The number of benzene rings is 1. The lowest BCUT2D eigenvalue weighted by Crippen LogP contribution is -2.40. The van der Waals surface area contributed by atoms with Gasteiger partial charge < -0.3 is 10.1 Å². The Hall–Kier alpha value is -1.64. The molecule has 1 unspecified atom stereocenters. The van der Waals surface area contributed by atoms with Gasteiger partial charge in [-0.05, 0) is 44.1 Å². The van der Waals surface area contributed by atoms with Crippen molar-refractivity contribution in [2.45, 2.75) is 30.7 Å². The van der Waals surface area contributed by atoms with Gasteiger partial charge in [-0.25, -0.2) is 13.6 Å². The highest BCUT2D eigenvalue weighted by Gasteiger charge is 2.24. The SMILES string of the molecule is CCN1CCCC1CNC(=O)c1cc(S(N)(=O)=O)ccc1OC.[H+]. The molecule has 1 amide bonds. The van der Waals surface area contributed by atoms with E-state index in [4.69, 9.17) is 9.88 Å². The molecule has 128 valence electrons. The molecule has 1 heterocycles. The number of carbonyl (C=O) groups excluding carboxylic acids is 1. The average Bonchev–Trinajstić information content (AvgIpc) is 2.98. The van der Waals surface area contributed by atoms with Crippen LogP contribution in [0.15, 0.2) is 23.1 Å². The van der Waals surface area contributed by atoms with Gasteiger partial charge in [0.2, 0.25) is 10.0 Å². The van der Waals surface area contributed by atoms with Crippen molar-refractivity contribution >= 4 is 15.9 Å². The van der Waals surface area contributed by atoms with Crippen LogP contribution in [0, 0.1) is 0 Å². The van der Waals surface area contributed by atoms with E-state index in [0.717, 1.165) is 25.9 Å². The number of hydrogen-bond donors (Lipinski definition) is 2. The molecule has 0 aliphatic carbocycles. The molecule has 1 aliphatic rings.